The van der Waals surface area contributed by atoms with Crippen molar-refractivity contribution in [3.8, 4) is 11.5 Å². The highest BCUT2D eigenvalue weighted by Gasteiger charge is 2.23. The summed E-state index contributed by atoms with van der Waals surface area (Å²) in [7, 11) is 3.23. The number of carbonyl (C=O) groups excluding carboxylic acids is 1. The number of Topliss-reactive ketones (excluding diaryl/α,β-unsaturated/α-hetero) is 1. The molecule has 0 fully saturated rings. The smallest absolute Gasteiger partial charge is 0.189 e. The maximum Gasteiger partial charge on any atom is 0.189 e. The van der Waals surface area contributed by atoms with Gasteiger partial charge in [0.15, 0.2) is 5.78 Å². The van der Waals surface area contributed by atoms with Crippen LogP contribution in [0.1, 0.15) is 21.5 Å². The van der Waals surface area contributed by atoms with Gasteiger partial charge in [-0.1, -0.05) is 24.3 Å². The Balaban J connectivity index is 1.99. The van der Waals surface area contributed by atoms with Crippen molar-refractivity contribution in [2.75, 3.05) is 14.2 Å². The van der Waals surface area contributed by atoms with E-state index in [0.717, 1.165) is 22.3 Å². The second-order valence-electron chi connectivity index (χ2n) is 4.98. The second kappa shape index (κ2) is 5.44. The van der Waals surface area contributed by atoms with Gasteiger partial charge < -0.3 is 9.47 Å². The van der Waals surface area contributed by atoms with E-state index >= 15 is 0 Å². The highest BCUT2D eigenvalue weighted by molar-refractivity contribution is 6.15. The van der Waals surface area contributed by atoms with Crippen LogP contribution in [0.25, 0.3) is 6.08 Å². The minimum atomic E-state index is 0.104. The first-order valence-corrected chi connectivity index (χ1v) is 6.77. The number of hydrogen-bond donors (Lipinski definition) is 0. The van der Waals surface area contributed by atoms with E-state index in [0.29, 0.717) is 17.9 Å². The zero-order chi connectivity index (χ0) is 14.8. The second-order valence-corrected chi connectivity index (χ2v) is 4.98. The molecule has 0 aliphatic heterocycles. The van der Waals surface area contributed by atoms with Gasteiger partial charge in [-0.15, -0.1) is 0 Å². The maximum atomic E-state index is 12.4. The maximum absolute atomic E-state index is 12.4. The van der Waals surface area contributed by atoms with Gasteiger partial charge in [0.2, 0.25) is 0 Å². The fourth-order valence-electron chi connectivity index (χ4n) is 2.58. The molecule has 0 bridgehead atoms. The molecular weight excluding hydrogens is 264 g/mol. The van der Waals surface area contributed by atoms with Crippen LogP contribution >= 0.6 is 0 Å². The number of carbonyl (C=O) groups is 1. The molecular formula is C18H16O3. The fraction of sp³-hybridized carbons (Fsp3) is 0.167. The van der Waals surface area contributed by atoms with Gasteiger partial charge in [-0.05, 0) is 29.3 Å². The van der Waals surface area contributed by atoms with Crippen molar-refractivity contribution in [2.45, 2.75) is 6.42 Å². The molecule has 2 aromatic carbocycles. The minimum Gasteiger partial charge on any atom is -0.497 e. The van der Waals surface area contributed by atoms with Crippen molar-refractivity contribution in [3.63, 3.8) is 0 Å². The van der Waals surface area contributed by atoms with E-state index in [1.807, 2.05) is 48.5 Å². The van der Waals surface area contributed by atoms with Crippen LogP contribution in [0.5, 0.6) is 11.5 Å². The summed E-state index contributed by atoms with van der Waals surface area (Å²) in [6, 6.07) is 13.3. The summed E-state index contributed by atoms with van der Waals surface area (Å²) in [5.74, 6) is 1.53. The summed E-state index contributed by atoms with van der Waals surface area (Å²) in [6.45, 7) is 0. The molecule has 106 valence electrons. The highest BCUT2D eigenvalue weighted by Crippen LogP contribution is 2.29. The van der Waals surface area contributed by atoms with Crippen molar-refractivity contribution in [2.24, 2.45) is 0 Å². The van der Waals surface area contributed by atoms with Gasteiger partial charge in [-0.25, -0.2) is 0 Å². The molecule has 1 aliphatic rings. The number of fused-ring (bicyclic) bond motifs is 1. The summed E-state index contributed by atoms with van der Waals surface area (Å²) in [6.07, 6.45) is 2.59. The summed E-state index contributed by atoms with van der Waals surface area (Å²) >= 11 is 0. The van der Waals surface area contributed by atoms with Crippen LogP contribution in [-0.2, 0) is 6.42 Å². The van der Waals surface area contributed by atoms with E-state index in [9.17, 15) is 4.79 Å². The number of methoxy groups -OCH3 is 2. The SMILES string of the molecule is COc1cc(/C=C2\Cc3ccccc3C2=O)cc(OC)c1. The van der Waals surface area contributed by atoms with Gasteiger partial charge in [-0.2, -0.15) is 0 Å². The number of benzene rings is 2. The minimum absolute atomic E-state index is 0.104. The molecule has 0 heterocycles. The summed E-state index contributed by atoms with van der Waals surface area (Å²) in [4.78, 5) is 12.4. The predicted octanol–water partition coefficient (Wildman–Crippen LogP) is 3.53. The third-order valence-corrected chi connectivity index (χ3v) is 3.65. The van der Waals surface area contributed by atoms with Gasteiger partial charge >= 0.3 is 0 Å². The van der Waals surface area contributed by atoms with Gasteiger partial charge in [0, 0.05) is 23.6 Å². The molecule has 0 N–H and O–H groups in total. The molecule has 0 radical (unpaired) electrons. The number of ketones is 1. The van der Waals surface area contributed by atoms with Crippen molar-refractivity contribution in [1.29, 1.82) is 0 Å². The molecule has 3 rings (SSSR count). The Morgan fingerprint density at radius 2 is 1.67 bits per heavy atom. The van der Waals surface area contributed by atoms with E-state index in [1.54, 1.807) is 14.2 Å². The molecule has 0 spiro atoms. The molecule has 1 aliphatic carbocycles. The molecule has 0 saturated heterocycles. The number of allylic oxidation sites excluding steroid dienone is 1. The van der Waals surface area contributed by atoms with Crippen LogP contribution in [0.4, 0.5) is 0 Å². The third kappa shape index (κ3) is 2.55. The van der Waals surface area contributed by atoms with Gasteiger partial charge in [-0.3, -0.25) is 4.79 Å². The average Bonchev–Trinajstić information content (AvgIpc) is 2.83. The van der Waals surface area contributed by atoms with Gasteiger partial charge in [0.25, 0.3) is 0 Å². The van der Waals surface area contributed by atoms with E-state index < -0.39 is 0 Å². The van der Waals surface area contributed by atoms with Crippen LogP contribution in [0, 0.1) is 0 Å². The summed E-state index contributed by atoms with van der Waals surface area (Å²) < 4.78 is 10.5. The molecule has 0 atom stereocenters. The molecule has 0 amide bonds. The Kier molecular flexibility index (Phi) is 3.48. The van der Waals surface area contributed by atoms with Crippen molar-refractivity contribution in [3.05, 3.63) is 64.7 Å². The van der Waals surface area contributed by atoms with E-state index in [4.69, 9.17) is 9.47 Å². The third-order valence-electron chi connectivity index (χ3n) is 3.65. The Morgan fingerprint density at radius 3 is 2.29 bits per heavy atom. The van der Waals surface area contributed by atoms with Crippen LogP contribution in [0.15, 0.2) is 48.0 Å². The first-order valence-electron chi connectivity index (χ1n) is 6.77. The summed E-state index contributed by atoms with van der Waals surface area (Å²) in [5.41, 5.74) is 3.59. The van der Waals surface area contributed by atoms with E-state index in [1.165, 1.54) is 0 Å². The molecule has 0 aromatic heterocycles. The number of ether oxygens (including phenoxy) is 2. The molecule has 2 aromatic rings. The first-order chi connectivity index (χ1) is 10.2. The van der Waals surface area contributed by atoms with Crippen LogP contribution < -0.4 is 9.47 Å². The average molecular weight is 280 g/mol. The lowest BCUT2D eigenvalue weighted by Gasteiger charge is -2.06. The Bertz CT molecular complexity index is 707. The monoisotopic (exact) mass is 280 g/mol. The van der Waals surface area contributed by atoms with Crippen molar-refractivity contribution < 1.29 is 14.3 Å². The largest absolute Gasteiger partial charge is 0.497 e. The topological polar surface area (TPSA) is 35.5 Å². The lowest BCUT2D eigenvalue weighted by molar-refractivity contribution is 0.104. The standard InChI is InChI=1S/C18H16O3/c1-20-15-8-12(9-16(11-15)21-2)7-14-10-13-5-3-4-6-17(13)18(14)19/h3-9,11H,10H2,1-2H3/b14-7+. The zero-order valence-electron chi connectivity index (χ0n) is 12.1. The van der Waals surface area contributed by atoms with Crippen LogP contribution in [0.2, 0.25) is 0 Å². The van der Waals surface area contributed by atoms with E-state index in [2.05, 4.69) is 0 Å². The van der Waals surface area contributed by atoms with Crippen LogP contribution in [-0.4, -0.2) is 20.0 Å². The quantitative estimate of drug-likeness (QED) is 0.807. The fourth-order valence-corrected chi connectivity index (χ4v) is 2.58. The molecule has 0 unspecified atom stereocenters. The number of rotatable bonds is 3. The lowest BCUT2D eigenvalue weighted by atomic mass is 10.1. The van der Waals surface area contributed by atoms with Crippen molar-refractivity contribution in [1.82, 2.24) is 0 Å². The zero-order valence-corrected chi connectivity index (χ0v) is 12.1. The lowest BCUT2D eigenvalue weighted by Crippen LogP contribution is -1.95. The molecule has 0 saturated carbocycles. The highest BCUT2D eigenvalue weighted by atomic mass is 16.5. The normalized spacial score (nSPS) is 15.1. The van der Waals surface area contributed by atoms with Gasteiger partial charge in [0.05, 0.1) is 14.2 Å². The predicted molar refractivity (Wildman–Crippen MR) is 82.0 cm³/mol. The molecule has 3 heteroatoms. The first kappa shape index (κ1) is 13.4. The Morgan fingerprint density at radius 1 is 1.00 bits per heavy atom. The van der Waals surface area contributed by atoms with Crippen molar-refractivity contribution >= 4 is 11.9 Å². The Labute approximate surface area is 123 Å². The van der Waals surface area contributed by atoms with Crippen LogP contribution in [0.3, 0.4) is 0 Å². The summed E-state index contributed by atoms with van der Waals surface area (Å²) in [5, 5.41) is 0. The Hall–Kier alpha value is -2.55. The van der Waals surface area contributed by atoms with E-state index in [-0.39, 0.29) is 5.78 Å². The van der Waals surface area contributed by atoms with Gasteiger partial charge in [0.1, 0.15) is 11.5 Å². The number of hydrogen-bond acceptors (Lipinski definition) is 3. The molecule has 21 heavy (non-hydrogen) atoms. The molecule has 3 nitrogen and oxygen atoms in total.